The van der Waals surface area contributed by atoms with E-state index in [4.69, 9.17) is 14.6 Å². The molecule has 1 aromatic carbocycles. The van der Waals surface area contributed by atoms with Gasteiger partial charge in [0.25, 0.3) is 0 Å². The van der Waals surface area contributed by atoms with Crippen LogP contribution in [-0.2, 0) is 17.9 Å². The molecule has 8 nitrogen and oxygen atoms in total. The van der Waals surface area contributed by atoms with Gasteiger partial charge in [-0.1, -0.05) is 26.0 Å². The van der Waals surface area contributed by atoms with Crippen LogP contribution in [0.15, 0.2) is 18.2 Å². The summed E-state index contributed by atoms with van der Waals surface area (Å²) in [5.41, 5.74) is 0.959. The van der Waals surface area contributed by atoms with Gasteiger partial charge in [0.15, 0.2) is 0 Å². The first-order valence-electron chi connectivity index (χ1n) is 9.00. The highest BCUT2D eigenvalue weighted by Gasteiger charge is 2.29. The number of methoxy groups -OCH3 is 1. The molecule has 1 atom stereocenters. The van der Waals surface area contributed by atoms with Gasteiger partial charge in [0.05, 0.1) is 18.9 Å². The van der Waals surface area contributed by atoms with E-state index in [0.29, 0.717) is 36.7 Å². The SMILES string of the molecule is COCCCOc1cccc2c(CO)n(CC(C)(C)C(C)NC(=O)O)nc12. The zero-order valence-corrected chi connectivity index (χ0v) is 16.4. The first-order valence-corrected chi connectivity index (χ1v) is 9.00. The lowest BCUT2D eigenvalue weighted by molar-refractivity contribution is 0.162. The zero-order valence-electron chi connectivity index (χ0n) is 16.4. The highest BCUT2D eigenvalue weighted by molar-refractivity contribution is 5.87. The van der Waals surface area contributed by atoms with Crippen LogP contribution in [0.4, 0.5) is 4.79 Å². The molecule has 0 bridgehead atoms. The maximum Gasteiger partial charge on any atom is 0.404 e. The molecule has 0 aliphatic heterocycles. The highest BCUT2D eigenvalue weighted by atomic mass is 16.5. The molecule has 150 valence electrons. The normalized spacial score (nSPS) is 12.9. The largest absolute Gasteiger partial charge is 0.491 e. The summed E-state index contributed by atoms with van der Waals surface area (Å²) in [7, 11) is 1.65. The predicted octanol–water partition coefficient (Wildman–Crippen LogP) is 2.63. The number of aromatic nitrogens is 2. The number of hydrogen-bond acceptors (Lipinski definition) is 5. The lowest BCUT2D eigenvalue weighted by Crippen LogP contribution is -2.44. The van der Waals surface area contributed by atoms with E-state index in [2.05, 4.69) is 10.4 Å². The maximum absolute atomic E-state index is 11.0. The molecule has 1 amide bonds. The summed E-state index contributed by atoms with van der Waals surface area (Å²) < 4.78 is 12.6. The van der Waals surface area contributed by atoms with Crippen LogP contribution in [0, 0.1) is 5.41 Å². The van der Waals surface area contributed by atoms with Gasteiger partial charge in [0.2, 0.25) is 0 Å². The molecule has 2 rings (SSSR count). The average Bonchev–Trinajstić information content (AvgIpc) is 2.95. The fourth-order valence-electron chi connectivity index (χ4n) is 2.88. The van der Waals surface area contributed by atoms with Gasteiger partial charge in [0, 0.05) is 43.5 Å². The second-order valence-corrected chi connectivity index (χ2v) is 7.27. The Hall–Kier alpha value is -2.32. The van der Waals surface area contributed by atoms with E-state index < -0.39 is 11.5 Å². The number of ether oxygens (including phenoxy) is 2. The molecule has 1 unspecified atom stereocenters. The van der Waals surface area contributed by atoms with Gasteiger partial charge in [-0.3, -0.25) is 4.68 Å². The number of hydrogen-bond donors (Lipinski definition) is 3. The fourth-order valence-corrected chi connectivity index (χ4v) is 2.88. The molecule has 1 heterocycles. The number of rotatable bonds is 10. The van der Waals surface area contributed by atoms with E-state index in [0.717, 1.165) is 11.8 Å². The molecule has 3 N–H and O–H groups in total. The van der Waals surface area contributed by atoms with Crippen LogP contribution >= 0.6 is 0 Å². The van der Waals surface area contributed by atoms with Gasteiger partial charge >= 0.3 is 6.09 Å². The summed E-state index contributed by atoms with van der Waals surface area (Å²) >= 11 is 0. The van der Waals surface area contributed by atoms with E-state index in [-0.39, 0.29) is 12.6 Å². The number of carboxylic acid groups (broad SMARTS) is 1. The Kier molecular flexibility index (Phi) is 7.04. The van der Waals surface area contributed by atoms with Crippen molar-refractivity contribution < 1.29 is 24.5 Å². The summed E-state index contributed by atoms with van der Waals surface area (Å²) in [5.74, 6) is 0.659. The van der Waals surface area contributed by atoms with Crippen LogP contribution in [0.2, 0.25) is 0 Å². The summed E-state index contributed by atoms with van der Waals surface area (Å²) in [6.07, 6.45) is -0.290. The molecule has 0 fully saturated rings. The van der Waals surface area contributed by atoms with Crippen molar-refractivity contribution in [2.75, 3.05) is 20.3 Å². The third-order valence-electron chi connectivity index (χ3n) is 4.81. The number of amides is 1. The highest BCUT2D eigenvalue weighted by Crippen LogP contribution is 2.30. The Labute approximate surface area is 159 Å². The summed E-state index contributed by atoms with van der Waals surface area (Å²) in [6, 6.07) is 5.34. The Bertz CT molecular complexity index is 772. The zero-order chi connectivity index (χ0) is 20.0. The van der Waals surface area contributed by atoms with Crippen LogP contribution in [0.3, 0.4) is 0 Å². The van der Waals surface area contributed by atoms with Crippen LogP contribution in [0.1, 0.15) is 32.9 Å². The molecule has 0 saturated carbocycles. The van der Waals surface area contributed by atoms with E-state index in [1.807, 2.05) is 39.0 Å². The minimum absolute atomic E-state index is 0.166. The number of aliphatic hydroxyl groups is 1. The number of fused-ring (bicyclic) bond motifs is 1. The molecular formula is C19H29N3O5. The molecule has 8 heteroatoms. The third kappa shape index (κ3) is 5.11. The topological polar surface area (TPSA) is 106 Å². The summed E-state index contributed by atoms with van der Waals surface area (Å²) in [4.78, 5) is 11.0. The van der Waals surface area contributed by atoms with Gasteiger partial charge in [-0.05, 0) is 13.0 Å². The monoisotopic (exact) mass is 379 g/mol. The van der Waals surface area contributed by atoms with Crippen LogP contribution in [0.5, 0.6) is 5.75 Å². The molecule has 0 aliphatic carbocycles. The smallest absolute Gasteiger partial charge is 0.404 e. The summed E-state index contributed by atoms with van der Waals surface area (Å²) in [5, 5.41) is 26.9. The molecule has 0 spiro atoms. The van der Waals surface area contributed by atoms with Crippen LogP contribution in [0.25, 0.3) is 10.9 Å². The van der Waals surface area contributed by atoms with Gasteiger partial charge in [-0.25, -0.2) is 4.79 Å². The molecule has 0 radical (unpaired) electrons. The molecule has 27 heavy (non-hydrogen) atoms. The standard InChI is InChI=1S/C19H29N3O5/c1-13(20-18(24)25)19(2,3)12-22-15(11-23)14-7-5-8-16(17(14)21-22)27-10-6-9-26-4/h5,7-8,13,20,23H,6,9-12H2,1-4H3,(H,24,25). The van der Waals surface area contributed by atoms with Crippen LogP contribution in [-0.4, -0.2) is 52.5 Å². The Balaban J connectivity index is 2.30. The van der Waals surface area contributed by atoms with Gasteiger partial charge < -0.3 is 25.0 Å². The van der Waals surface area contributed by atoms with Gasteiger partial charge in [-0.2, -0.15) is 5.10 Å². The minimum Gasteiger partial charge on any atom is -0.491 e. The molecule has 0 saturated heterocycles. The lowest BCUT2D eigenvalue weighted by atomic mass is 9.85. The number of nitrogens with zero attached hydrogens (tertiary/aromatic N) is 2. The fraction of sp³-hybridized carbons (Fsp3) is 0.579. The van der Waals surface area contributed by atoms with E-state index in [9.17, 15) is 9.90 Å². The lowest BCUT2D eigenvalue weighted by Gasteiger charge is -2.32. The Morgan fingerprint density at radius 2 is 2.11 bits per heavy atom. The number of aliphatic hydroxyl groups excluding tert-OH is 1. The molecule has 1 aromatic heterocycles. The van der Waals surface area contributed by atoms with Crippen molar-refractivity contribution >= 4 is 17.0 Å². The quantitative estimate of drug-likeness (QED) is 0.548. The van der Waals surface area contributed by atoms with E-state index >= 15 is 0 Å². The Morgan fingerprint density at radius 1 is 1.37 bits per heavy atom. The number of carbonyl (C=O) groups is 1. The maximum atomic E-state index is 11.0. The molecule has 0 aliphatic rings. The number of benzene rings is 1. The Morgan fingerprint density at radius 3 is 2.74 bits per heavy atom. The summed E-state index contributed by atoms with van der Waals surface area (Å²) in [6.45, 7) is 7.16. The van der Waals surface area contributed by atoms with Crippen molar-refractivity contribution in [1.82, 2.24) is 15.1 Å². The van der Waals surface area contributed by atoms with Crippen molar-refractivity contribution in [2.45, 2.75) is 46.4 Å². The van der Waals surface area contributed by atoms with Crippen LogP contribution < -0.4 is 10.1 Å². The predicted molar refractivity (Wildman–Crippen MR) is 102 cm³/mol. The first kappa shape index (κ1) is 21.0. The van der Waals surface area contributed by atoms with Crippen molar-refractivity contribution in [3.05, 3.63) is 23.9 Å². The van der Waals surface area contributed by atoms with Crippen molar-refractivity contribution in [1.29, 1.82) is 0 Å². The number of nitrogens with one attached hydrogen (secondary N) is 1. The third-order valence-corrected chi connectivity index (χ3v) is 4.81. The van der Waals surface area contributed by atoms with Gasteiger partial charge in [-0.15, -0.1) is 0 Å². The van der Waals surface area contributed by atoms with Gasteiger partial charge in [0.1, 0.15) is 11.3 Å². The van der Waals surface area contributed by atoms with Crippen molar-refractivity contribution in [3.63, 3.8) is 0 Å². The van der Waals surface area contributed by atoms with E-state index in [1.54, 1.807) is 11.8 Å². The first-order chi connectivity index (χ1) is 12.8. The van der Waals surface area contributed by atoms with Crippen molar-refractivity contribution in [3.8, 4) is 5.75 Å². The van der Waals surface area contributed by atoms with Crippen molar-refractivity contribution in [2.24, 2.45) is 5.41 Å². The second kappa shape index (κ2) is 9.05. The average molecular weight is 379 g/mol. The van der Waals surface area contributed by atoms with E-state index in [1.165, 1.54) is 0 Å². The molecule has 2 aromatic rings. The molecular weight excluding hydrogens is 350 g/mol. The second-order valence-electron chi connectivity index (χ2n) is 7.27. The minimum atomic E-state index is -1.06.